The summed E-state index contributed by atoms with van der Waals surface area (Å²) in [6.45, 7) is 4.35. The Bertz CT molecular complexity index is 1440. The summed E-state index contributed by atoms with van der Waals surface area (Å²) in [6.07, 6.45) is 69.1. The molecule has 6 N–H and O–H groups in total. The molecule has 0 aliphatic carbocycles. The molecule has 1 saturated heterocycles. The molecule has 1 aliphatic heterocycles. The predicted molar refractivity (Wildman–Crippen MR) is 352 cm³/mol. The van der Waals surface area contributed by atoms with Gasteiger partial charge in [-0.3, -0.25) is 9.59 Å². The number of unbranched alkanes of at least 4 members (excludes halogenated alkanes) is 49. The number of ether oxygens (including phenoxy) is 3. The molecule has 496 valence electrons. The van der Waals surface area contributed by atoms with Crippen LogP contribution in [0.15, 0.2) is 24.3 Å². The lowest BCUT2D eigenvalue weighted by Crippen LogP contribution is -2.60. The molecule has 0 saturated carbocycles. The van der Waals surface area contributed by atoms with Gasteiger partial charge in [0.15, 0.2) is 6.29 Å². The number of aliphatic hydroxyl groups is 5. The van der Waals surface area contributed by atoms with E-state index < -0.39 is 49.5 Å². The quantitative estimate of drug-likeness (QED) is 0.0195. The average Bonchev–Trinajstić information content (AvgIpc) is 3.64. The van der Waals surface area contributed by atoms with Crippen LogP contribution in [-0.4, -0.2) is 100 Å². The Kier molecular flexibility index (Phi) is 59.9. The van der Waals surface area contributed by atoms with Gasteiger partial charge in [0.2, 0.25) is 5.91 Å². The van der Waals surface area contributed by atoms with Crippen LogP contribution in [0.4, 0.5) is 0 Å². The lowest BCUT2D eigenvalue weighted by atomic mass is 9.99. The Balaban J connectivity index is 1.88. The van der Waals surface area contributed by atoms with Crippen molar-refractivity contribution in [1.29, 1.82) is 0 Å². The largest absolute Gasteiger partial charge is 0.466 e. The third-order valence-electron chi connectivity index (χ3n) is 17.6. The lowest BCUT2D eigenvalue weighted by molar-refractivity contribution is -0.302. The van der Waals surface area contributed by atoms with E-state index in [1.165, 1.54) is 283 Å². The smallest absolute Gasteiger partial charge is 0.305 e. The molecule has 7 unspecified atom stereocenters. The van der Waals surface area contributed by atoms with Gasteiger partial charge >= 0.3 is 5.97 Å². The molecule has 0 aromatic rings. The Morgan fingerprint density at radius 3 is 1.14 bits per heavy atom. The molecule has 0 radical (unpaired) electrons. The second kappa shape index (κ2) is 62.7. The van der Waals surface area contributed by atoms with Crippen LogP contribution in [0.1, 0.15) is 367 Å². The molecule has 1 fully saturated rings. The first kappa shape index (κ1) is 80.2. The van der Waals surface area contributed by atoms with Crippen molar-refractivity contribution >= 4 is 11.9 Å². The van der Waals surface area contributed by atoms with E-state index in [-0.39, 0.29) is 18.5 Å². The van der Waals surface area contributed by atoms with Crippen LogP contribution in [0.2, 0.25) is 0 Å². The third-order valence-corrected chi connectivity index (χ3v) is 17.6. The van der Waals surface area contributed by atoms with Crippen LogP contribution in [0.3, 0.4) is 0 Å². The number of hydrogen-bond donors (Lipinski definition) is 6. The summed E-state index contributed by atoms with van der Waals surface area (Å²) in [5.41, 5.74) is 0. The van der Waals surface area contributed by atoms with E-state index in [9.17, 15) is 35.1 Å². The molecule has 0 bridgehead atoms. The zero-order chi connectivity index (χ0) is 60.9. The van der Waals surface area contributed by atoms with Gasteiger partial charge in [0.25, 0.3) is 0 Å². The van der Waals surface area contributed by atoms with Crippen LogP contribution in [0.5, 0.6) is 0 Å². The number of rotatable bonds is 65. The lowest BCUT2D eigenvalue weighted by Gasteiger charge is -2.40. The molecule has 11 nitrogen and oxygen atoms in total. The maximum atomic E-state index is 13.0. The molecule has 0 aromatic heterocycles. The highest BCUT2D eigenvalue weighted by Crippen LogP contribution is 2.24. The topological polar surface area (TPSA) is 175 Å². The van der Waals surface area contributed by atoms with Crippen molar-refractivity contribution in [3.63, 3.8) is 0 Å². The number of amides is 1. The van der Waals surface area contributed by atoms with Gasteiger partial charge in [0, 0.05) is 12.8 Å². The summed E-state index contributed by atoms with van der Waals surface area (Å²) in [7, 11) is 0. The van der Waals surface area contributed by atoms with E-state index in [4.69, 9.17) is 14.2 Å². The summed E-state index contributed by atoms with van der Waals surface area (Å²) in [5.74, 6) is -0.169. The van der Waals surface area contributed by atoms with Crippen molar-refractivity contribution in [2.75, 3.05) is 19.8 Å². The fraction of sp³-hybridized carbons (Fsp3) is 0.918. The Morgan fingerprint density at radius 2 is 0.762 bits per heavy atom. The van der Waals surface area contributed by atoms with Gasteiger partial charge in [-0.25, -0.2) is 0 Å². The highest BCUT2D eigenvalue weighted by molar-refractivity contribution is 5.76. The number of carbonyl (C=O) groups excluding carboxylic acids is 2. The number of esters is 1. The van der Waals surface area contributed by atoms with E-state index in [1.807, 2.05) is 6.08 Å². The van der Waals surface area contributed by atoms with E-state index in [1.54, 1.807) is 6.08 Å². The van der Waals surface area contributed by atoms with Crippen LogP contribution in [0, 0.1) is 0 Å². The fourth-order valence-corrected chi connectivity index (χ4v) is 11.8. The molecule has 7 atom stereocenters. The van der Waals surface area contributed by atoms with Gasteiger partial charge in [-0.15, -0.1) is 0 Å². The molecule has 0 aromatic carbocycles. The minimum Gasteiger partial charge on any atom is -0.466 e. The monoisotopic (exact) mass is 1190 g/mol. The maximum Gasteiger partial charge on any atom is 0.305 e. The van der Waals surface area contributed by atoms with Gasteiger partial charge in [-0.05, 0) is 57.8 Å². The number of nitrogens with one attached hydrogen (secondary N) is 1. The minimum atomic E-state index is -1.57. The molecule has 1 heterocycles. The standard InChI is InChI=1S/C73H139NO10/c1-3-5-7-9-11-13-14-15-16-31-35-38-41-45-49-53-57-61-69(78)82-62-58-54-50-46-42-39-36-33-30-28-26-24-22-20-18-17-19-21-23-25-27-29-32-34-37-40-44-48-52-56-60-68(77)74-65(66(76)59-55-51-47-43-12-10-8-6-4-2)64-83-73-72(81)71(80)70(79)67(63-75)84-73/h15-16,55,59,65-67,70-73,75-76,79-81H,3-14,17-54,56-58,60-64H2,1-2H3,(H,74,77)/b16-15-,59-55+. The van der Waals surface area contributed by atoms with Crippen molar-refractivity contribution in [3.05, 3.63) is 24.3 Å². The average molecular weight is 1190 g/mol. The minimum absolute atomic E-state index is 0.00908. The molecule has 11 heteroatoms. The fourth-order valence-electron chi connectivity index (χ4n) is 11.8. The number of carbonyl (C=O) groups is 2. The van der Waals surface area contributed by atoms with Crippen molar-refractivity contribution < 1.29 is 49.3 Å². The highest BCUT2D eigenvalue weighted by Gasteiger charge is 2.44. The van der Waals surface area contributed by atoms with Crippen molar-refractivity contribution in [2.45, 2.75) is 410 Å². The zero-order valence-corrected chi connectivity index (χ0v) is 55.1. The predicted octanol–water partition coefficient (Wildman–Crippen LogP) is 18.8. The molecule has 0 spiro atoms. The summed E-state index contributed by atoms with van der Waals surface area (Å²) in [5, 5.41) is 54.3. The first-order valence-corrected chi connectivity index (χ1v) is 36.6. The number of allylic oxidation sites excluding steroid dienone is 3. The van der Waals surface area contributed by atoms with Crippen LogP contribution >= 0.6 is 0 Å². The van der Waals surface area contributed by atoms with Gasteiger partial charge in [0.1, 0.15) is 24.4 Å². The Hall–Kier alpha value is -1.86. The second-order valence-corrected chi connectivity index (χ2v) is 25.7. The first-order chi connectivity index (χ1) is 41.2. The van der Waals surface area contributed by atoms with Crippen molar-refractivity contribution in [2.24, 2.45) is 0 Å². The van der Waals surface area contributed by atoms with Crippen molar-refractivity contribution in [1.82, 2.24) is 5.32 Å². The number of aliphatic hydroxyl groups excluding tert-OH is 5. The van der Waals surface area contributed by atoms with Crippen LogP contribution < -0.4 is 5.32 Å². The Morgan fingerprint density at radius 1 is 0.429 bits per heavy atom. The summed E-state index contributed by atoms with van der Waals surface area (Å²) in [6, 6.07) is -0.805. The van der Waals surface area contributed by atoms with E-state index in [2.05, 4.69) is 31.3 Å². The van der Waals surface area contributed by atoms with Gasteiger partial charge in [0.05, 0.1) is 32.0 Å². The summed E-state index contributed by atoms with van der Waals surface area (Å²) in [4.78, 5) is 25.1. The number of hydrogen-bond acceptors (Lipinski definition) is 10. The van der Waals surface area contributed by atoms with Gasteiger partial charge in [-0.1, -0.05) is 321 Å². The SMILES string of the molecule is CCCCCCCC/C=C\CCCCCCCCCC(=O)OCCCCCCCCCCCCCCCCCCCCCCCCCCCCCCCCC(=O)NC(COC1OC(CO)C(O)C(O)C1O)C(O)/C=C/CCCCCCCCC. The second-order valence-electron chi connectivity index (χ2n) is 25.7. The van der Waals surface area contributed by atoms with Crippen LogP contribution in [-0.2, 0) is 23.8 Å². The third kappa shape index (κ3) is 51.1. The zero-order valence-electron chi connectivity index (χ0n) is 55.1. The van der Waals surface area contributed by atoms with E-state index in [0.29, 0.717) is 19.4 Å². The molecular formula is C73H139NO10. The van der Waals surface area contributed by atoms with Gasteiger partial charge in [-0.2, -0.15) is 0 Å². The van der Waals surface area contributed by atoms with Crippen LogP contribution in [0.25, 0.3) is 0 Å². The first-order valence-electron chi connectivity index (χ1n) is 36.6. The molecule has 84 heavy (non-hydrogen) atoms. The maximum absolute atomic E-state index is 13.0. The molecule has 1 amide bonds. The molecule has 1 aliphatic rings. The van der Waals surface area contributed by atoms with E-state index >= 15 is 0 Å². The van der Waals surface area contributed by atoms with E-state index in [0.717, 1.165) is 57.8 Å². The van der Waals surface area contributed by atoms with Gasteiger partial charge < -0.3 is 45.1 Å². The molecule has 1 rings (SSSR count). The summed E-state index contributed by atoms with van der Waals surface area (Å²) < 4.78 is 16.7. The molecular weight excluding hydrogens is 1050 g/mol. The van der Waals surface area contributed by atoms with Crippen molar-refractivity contribution in [3.8, 4) is 0 Å². The highest BCUT2D eigenvalue weighted by atomic mass is 16.7. The Labute approximate surface area is 518 Å². The summed E-state index contributed by atoms with van der Waals surface area (Å²) >= 11 is 0. The normalized spacial score (nSPS) is 18.1.